The molecule has 1 unspecified atom stereocenters. The van der Waals surface area contributed by atoms with E-state index in [1.165, 1.54) is 25.1 Å². The van der Waals surface area contributed by atoms with Crippen molar-refractivity contribution in [2.45, 2.75) is 26.9 Å². The molecule has 5 N–H and O–H groups in total. The van der Waals surface area contributed by atoms with Gasteiger partial charge in [-0.2, -0.15) is 5.10 Å². The molecule has 0 aliphatic carbocycles. The molecule has 0 saturated carbocycles. The lowest BCUT2D eigenvalue weighted by molar-refractivity contribution is 0.100. The standard InChI is InChI=1S/C24H25FN6O5S/c1-4-37(33,34)31-18-10-7-16(12-19(18)35-14(3)15-5-8-17(25)9-6-15)22-21(23(26)32)24(29-28-22)27-20-11-13(2)36-30-20/h5-12,14,31H,4H2,1-3H3,(H2,26,32)(H2,27,28,29,30). The number of aryl methyl sites for hydroxylation is 1. The molecule has 2 aromatic heterocycles. The number of aromatic nitrogens is 3. The second-order valence-electron chi connectivity index (χ2n) is 8.16. The molecule has 13 heteroatoms. The van der Waals surface area contributed by atoms with Gasteiger partial charge in [-0.25, -0.2) is 12.8 Å². The first-order chi connectivity index (χ1) is 17.6. The minimum absolute atomic E-state index is 0.0556. The molecule has 0 aliphatic rings. The number of nitrogens with one attached hydrogen (secondary N) is 3. The maximum atomic E-state index is 13.4. The lowest BCUT2D eigenvalue weighted by atomic mass is 10.1. The third kappa shape index (κ3) is 5.89. The fourth-order valence-corrected chi connectivity index (χ4v) is 4.17. The minimum Gasteiger partial charge on any atom is -0.484 e. The third-order valence-electron chi connectivity index (χ3n) is 5.44. The van der Waals surface area contributed by atoms with Crippen molar-refractivity contribution in [3.05, 3.63) is 71.2 Å². The largest absolute Gasteiger partial charge is 0.484 e. The molecule has 11 nitrogen and oxygen atoms in total. The fraction of sp³-hybridized carbons (Fsp3) is 0.208. The summed E-state index contributed by atoms with van der Waals surface area (Å²) in [6.07, 6.45) is -0.567. The highest BCUT2D eigenvalue weighted by Gasteiger charge is 2.23. The second-order valence-corrected chi connectivity index (χ2v) is 10.2. The van der Waals surface area contributed by atoms with E-state index in [2.05, 4.69) is 25.4 Å². The van der Waals surface area contributed by atoms with Crippen molar-refractivity contribution in [1.29, 1.82) is 0 Å². The highest BCUT2D eigenvalue weighted by molar-refractivity contribution is 7.92. The van der Waals surface area contributed by atoms with Crippen molar-refractivity contribution in [1.82, 2.24) is 15.4 Å². The van der Waals surface area contributed by atoms with Gasteiger partial charge in [0.1, 0.15) is 40.5 Å². The summed E-state index contributed by atoms with van der Waals surface area (Å²) >= 11 is 0. The van der Waals surface area contributed by atoms with Crippen molar-refractivity contribution in [3.63, 3.8) is 0 Å². The number of aromatic amines is 1. The number of carbonyl (C=O) groups is 1. The zero-order valence-corrected chi connectivity index (χ0v) is 21.0. The Labute approximate surface area is 212 Å². The van der Waals surface area contributed by atoms with Crippen LogP contribution in [0, 0.1) is 12.7 Å². The number of rotatable bonds is 10. The summed E-state index contributed by atoms with van der Waals surface area (Å²) in [5, 5.41) is 13.7. The van der Waals surface area contributed by atoms with Crippen LogP contribution in [0.2, 0.25) is 0 Å². The van der Waals surface area contributed by atoms with Gasteiger partial charge in [-0.15, -0.1) is 0 Å². The summed E-state index contributed by atoms with van der Waals surface area (Å²) in [5.41, 5.74) is 7.20. The van der Waals surface area contributed by atoms with Crippen LogP contribution in [0.15, 0.2) is 53.1 Å². The molecule has 0 aliphatic heterocycles. The monoisotopic (exact) mass is 528 g/mol. The van der Waals surface area contributed by atoms with Crippen LogP contribution < -0.4 is 20.5 Å². The topological polar surface area (TPSA) is 165 Å². The van der Waals surface area contributed by atoms with Gasteiger partial charge in [0.05, 0.1) is 11.4 Å². The number of amides is 1. The number of benzene rings is 2. The maximum absolute atomic E-state index is 13.4. The van der Waals surface area contributed by atoms with Crippen LogP contribution in [0.4, 0.5) is 21.7 Å². The third-order valence-corrected chi connectivity index (χ3v) is 6.73. The Kier molecular flexibility index (Phi) is 7.16. The predicted octanol–water partition coefficient (Wildman–Crippen LogP) is 4.26. The molecule has 2 aromatic carbocycles. The van der Waals surface area contributed by atoms with E-state index in [4.69, 9.17) is 15.0 Å². The van der Waals surface area contributed by atoms with E-state index in [0.29, 0.717) is 22.7 Å². The van der Waals surface area contributed by atoms with Gasteiger partial charge in [0.25, 0.3) is 5.91 Å². The summed E-state index contributed by atoms with van der Waals surface area (Å²) in [7, 11) is -3.63. The number of nitrogens with zero attached hydrogens (tertiary/aromatic N) is 2. The molecule has 0 saturated heterocycles. The molecule has 0 fully saturated rings. The van der Waals surface area contributed by atoms with Gasteiger partial charge in [-0.05, 0) is 50.6 Å². The number of sulfonamides is 1. The number of halogens is 1. The van der Waals surface area contributed by atoms with Crippen molar-refractivity contribution >= 4 is 33.3 Å². The molecule has 194 valence electrons. The Balaban J connectivity index is 1.74. The van der Waals surface area contributed by atoms with E-state index in [1.54, 1.807) is 44.2 Å². The van der Waals surface area contributed by atoms with Crippen molar-refractivity contribution in [2.24, 2.45) is 5.73 Å². The van der Waals surface area contributed by atoms with Crippen LogP contribution in [0.3, 0.4) is 0 Å². The molecule has 0 spiro atoms. The maximum Gasteiger partial charge on any atom is 0.254 e. The van der Waals surface area contributed by atoms with Crippen LogP contribution in [-0.4, -0.2) is 35.4 Å². The highest BCUT2D eigenvalue weighted by atomic mass is 32.2. The van der Waals surface area contributed by atoms with Crippen molar-refractivity contribution in [2.75, 3.05) is 15.8 Å². The molecule has 1 atom stereocenters. The van der Waals surface area contributed by atoms with Crippen molar-refractivity contribution in [3.8, 4) is 17.0 Å². The Morgan fingerprint density at radius 2 is 1.95 bits per heavy atom. The van der Waals surface area contributed by atoms with Gasteiger partial charge in [0.2, 0.25) is 10.0 Å². The molecule has 0 radical (unpaired) electrons. The lowest BCUT2D eigenvalue weighted by Gasteiger charge is -2.19. The number of H-pyrrole nitrogens is 1. The molecular formula is C24H25FN6O5S. The molecular weight excluding hydrogens is 503 g/mol. The zero-order valence-electron chi connectivity index (χ0n) is 20.2. The smallest absolute Gasteiger partial charge is 0.254 e. The minimum atomic E-state index is -3.63. The number of ether oxygens (including phenoxy) is 1. The number of primary amides is 1. The summed E-state index contributed by atoms with van der Waals surface area (Å²) in [6, 6.07) is 12.0. The van der Waals surface area contributed by atoms with E-state index in [0.717, 1.165) is 0 Å². The van der Waals surface area contributed by atoms with Crippen molar-refractivity contribution < 1.29 is 26.9 Å². The number of hydrogen-bond acceptors (Lipinski definition) is 8. The van der Waals surface area contributed by atoms with Gasteiger partial charge < -0.3 is 20.3 Å². The van der Waals surface area contributed by atoms with Crippen LogP contribution >= 0.6 is 0 Å². The molecule has 1 amide bonds. The Morgan fingerprint density at radius 1 is 1.22 bits per heavy atom. The van der Waals surface area contributed by atoms with E-state index in [9.17, 15) is 17.6 Å². The molecule has 4 aromatic rings. The summed E-state index contributed by atoms with van der Waals surface area (Å²) in [4.78, 5) is 12.4. The second kappa shape index (κ2) is 10.3. The average molecular weight is 529 g/mol. The number of anilines is 3. The highest BCUT2D eigenvalue weighted by Crippen LogP contribution is 2.36. The Bertz CT molecular complexity index is 1530. The fourth-order valence-electron chi connectivity index (χ4n) is 3.52. The molecule has 4 rings (SSSR count). The Hall–Kier alpha value is -4.39. The van der Waals surface area contributed by atoms with Gasteiger partial charge in [-0.3, -0.25) is 14.6 Å². The summed E-state index contributed by atoms with van der Waals surface area (Å²) < 4.78 is 51.5. The average Bonchev–Trinajstić information content (AvgIpc) is 3.46. The van der Waals surface area contributed by atoms with Gasteiger partial charge in [-0.1, -0.05) is 23.4 Å². The first kappa shape index (κ1) is 25.7. The van der Waals surface area contributed by atoms with Crippen LogP contribution in [-0.2, 0) is 10.0 Å². The first-order valence-electron chi connectivity index (χ1n) is 11.2. The number of carbonyl (C=O) groups excluding carboxylic acids is 1. The van der Waals surface area contributed by atoms with E-state index in [-0.39, 0.29) is 34.3 Å². The molecule has 2 heterocycles. The summed E-state index contributed by atoms with van der Waals surface area (Å²) in [5.74, 6) is -0.0213. The quantitative estimate of drug-likeness (QED) is 0.237. The van der Waals surface area contributed by atoms with Gasteiger partial charge in [0, 0.05) is 11.6 Å². The van der Waals surface area contributed by atoms with Gasteiger partial charge >= 0.3 is 0 Å². The SMILES string of the molecule is CCS(=O)(=O)Nc1ccc(-c2n[nH]c(Nc3cc(C)on3)c2C(N)=O)cc1OC(C)c1ccc(F)cc1. The van der Waals surface area contributed by atoms with Crippen LogP contribution in [0.25, 0.3) is 11.3 Å². The number of hydrogen-bond donors (Lipinski definition) is 4. The summed E-state index contributed by atoms with van der Waals surface area (Å²) in [6.45, 7) is 4.96. The zero-order chi connectivity index (χ0) is 26.7. The number of nitrogens with two attached hydrogens (primary N) is 1. The first-order valence-corrected chi connectivity index (χ1v) is 12.9. The van der Waals surface area contributed by atoms with E-state index in [1.807, 2.05) is 0 Å². The normalized spacial score (nSPS) is 12.2. The lowest BCUT2D eigenvalue weighted by Crippen LogP contribution is -2.16. The molecule has 37 heavy (non-hydrogen) atoms. The Morgan fingerprint density at radius 3 is 2.57 bits per heavy atom. The van der Waals surface area contributed by atoms with E-state index >= 15 is 0 Å². The van der Waals surface area contributed by atoms with E-state index < -0.39 is 27.9 Å². The predicted molar refractivity (Wildman–Crippen MR) is 136 cm³/mol. The van der Waals surface area contributed by atoms with Gasteiger partial charge in [0.15, 0.2) is 5.82 Å². The van der Waals surface area contributed by atoms with Crippen LogP contribution in [0.5, 0.6) is 5.75 Å². The van der Waals surface area contributed by atoms with Crippen LogP contribution in [0.1, 0.15) is 41.6 Å². The molecule has 0 bridgehead atoms.